The molecule has 1 aliphatic heterocycles. The predicted octanol–water partition coefficient (Wildman–Crippen LogP) is 5.50. The van der Waals surface area contributed by atoms with Crippen molar-refractivity contribution in [3.8, 4) is 5.75 Å². The standard InChI is InChI=1S/C21H22BrF3N2O2/c1-20(2)10-13-5-7-16(18(22)14(13)11-27(20)3)26-19(28)12-6-8-17(29-4)15(9-12)21(23,24)25/h5-9H,10-11H2,1-4H3,(H,26,28). The molecule has 0 aliphatic carbocycles. The van der Waals surface area contributed by atoms with E-state index in [0.29, 0.717) is 12.2 Å². The molecule has 0 saturated heterocycles. The monoisotopic (exact) mass is 470 g/mol. The topological polar surface area (TPSA) is 41.6 Å². The van der Waals surface area contributed by atoms with Crippen LogP contribution in [0.1, 0.15) is 40.9 Å². The number of fused-ring (bicyclic) bond motifs is 1. The van der Waals surface area contributed by atoms with E-state index in [1.54, 1.807) is 6.07 Å². The van der Waals surface area contributed by atoms with Crippen molar-refractivity contribution in [2.45, 2.75) is 38.5 Å². The van der Waals surface area contributed by atoms with E-state index in [1.165, 1.54) is 11.6 Å². The van der Waals surface area contributed by atoms with E-state index in [0.717, 1.165) is 35.7 Å². The van der Waals surface area contributed by atoms with Crippen molar-refractivity contribution in [3.63, 3.8) is 0 Å². The SMILES string of the molecule is COc1ccc(C(=O)Nc2ccc3c(c2Br)CN(C)C(C)(C)C3)cc1C(F)(F)F. The number of rotatable bonds is 3. The Kier molecular flexibility index (Phi) is 5.71. The summed E-state index contributed by atoms with van der Waals surface area (Å²) in [4.78, 5) is 14.9. The van der Waals surface area contributed by atoms with Gasteiger partial charge in [0.2, 0.25) is 0 Å². The number of nitrogens with one attached hydrogen (secondary N) is 1. The Morgan fingerprint density at radius 3 is 2.55 bits per heavy atom. The lowest BCUT2D eigenvalue weighted by Gasteiger charge is -2.41. The lowest BCUT2D eigenvalue weighted by molar-refractivity contribution is -0.138. The maximum Gasteiger partial charge on any atom is 0.419 e. The van der Waals surface area contributed by atoms with Gasteiger partial charge in [0.1, 0.15) is 5.75 Å². The van der Waals surface area contributed by atoms with Crippen LogP contribution in [0.25, 0.3) is 0 Å². The number of amides is 1. The van der Waals surface area contributed by atoms with Crippen LogP contribution in [0.3, 0.4) is 0 Å². The Bertz CT molecular complexity index is 958. The second-order valence-corrected chi connectivity index (χ2v) is 8.57. The number of methoxy groups -OCH3 is 1. The van der Waals surface area contributed by atoms with Gasteiger partial charge in [0.05, 0.1) is 18.4 Å². The largest absolute Gasteiger partial charge is 0.496 e. The number of anilines is 1. The molecule has 2 aromatic rings. The van der Waals surface area contributed by atoms with Crippen LogP contribution < -0.4 is 10.1 Å². The van der Waals surface area contributed by atoms with Crippen LogP contribution in [-0.4, -0.2) is 30.5 Å². The molecule has 29 heavy (non-hydrogen) atoms. The van der Waals surface area contributed by atoms with Gasteiger partial charge in [-0.1, -0.05) is 6.07 Å². The summed E-state index contributed by atoms with van der Waals surface area (Å²) >= 11 is 3.56. The minimum absolute atomic E-state index is 0.0221. The molecule has 8 heteroatoms. The van der Waals surface area contributed by atoms with Crippen LogP contribution >= 0.6 is 15.9 Å². The Hall–Kier alpha value is -2.06. The van der Waals surface area contributed by atoms with Gasteiger partial charge < -0.3 is 10.1 Å². The van der Waals surface area contributed by atoms with Crippen LogP contribution in [0, 0.1) is 0 Å². The molecule has 156 valence electrons. The Labute approximate surface area is 176 Å². The molecule has 4 nitrogen and oxygen atoms in total. The first-order chi connectivity index (χ1) is 13.4. The van der Waals surface area contributed by atoms with E-state index < -0.39 is 17.6 Å². The van der Waals surface area contributed by atoms with Gasteiger partial charge in [0.25, 0.3) is 5.91 Å². The van der Waals surface area contributed by atoms with Gasteiger partial charge in [-0.25, -0.2) is 0 Å². The highest BCUT2D eigenvalue weighted by Gasteiger charge is 2.35. The van der Waals surface area contributed by atoms with Crippen molar-refractivity contribution < 1.29 is 22.7 Å². The maximum atomic E-state index is 13.2. The molecule has 0 spiro atoms. The zero-order valence-electron chi connectivity index (χ0n) is 16.6. The van der Waals surface area contributed by atoms with E-state index >= 15 is 0 Å². The molecule has 0 fully saturated rings. The van der Waals surface area contributed by atoms with E-state index in [4.69, 9.17) is 4.74 Å². The van der Waals surface area contributed by atoms with E-state index in [2.05, 4.69) is 40.0 Å². The molecule has 3 rings (SSSR count). The fourth-order valence-electron chi connectivity index (χ4n) is 3.41. The molecule has 1 amide bonds. The second kappa shape index (κ2) is 7.65. The average molecular weight is 471 g/mol. The number of carbonyl (C=O) groups excluding carboxylic acids is 1. The summed E-state index contributed by atoms with van der Waals surface area (Å²) in [5.74, 6) is -0.946. The van der Waals surface area contributed by atoms with Gasteiger partial charge in [-0.05, 0) is 78.6 Å². The molecular weight excluding hydrogens is 449 g/mol. The first kappa shape index (κ1) is 21.6. The average Bonchev–Trinajstić information content (AvgIpc) is 2.64. The third kappa shape index (κ3) is 4.28. The van der Waals surface area contributed by atoms with Crippen molar-refractivity contribution in [2.75, 3.05) is 19.5 Å². The Balaban J connectivity index is 1.90. The van der Waals surface area contributed by atoms with Crippen LogP contribution in [0.2, 0.25) is 0 Å². The number of carbonyl (C=O) groups is 1. The summed E-state index contributed by atoms with van der Waals surface area (Å²) in [6, 6.07) is 7.00. The number of nitrogens with zero attached hydrogens (tertiary/aromatic N) is 1. The summed E-state index contributed by atoms with van der Waals surface area (Å²) in [5.41, 5.74) is 1.71. The molecule has 1 aliphatic rings. The number of hydrogen-bond acceptors (Lipinski definition) is 3. The van der Waals surface area contributed by atoms with Gasteiger partial charge in [-0.15, -0.1) is 0 Å². The zero-order valence-corrected chi connectivity index (χ0v) is 18.2. The third-order valence-electron chi connectivity index (χ3n) is 5.41. The van der Waals surface area contributed by atoms with Crippen molar-refractivity contribution in [1.82, 2.24) is 4.90 Å². The summed E-state index contributed by atoms with van der Waals surface area (Å²) < 4.78 is 45.2. The van der Waals surface area contributed by atoms with Gasteiger partial charge in [-0.2, -0.15) is 13.2 Å². The molecule has 0 bridgehead atoms. The molecule has 2 aromatic carbocycles. The molecule has 1 heterocycles. The van der Waals surface area contributed by atoms with Crippen LogP contribution in [0.15, 0.2) is 34.8 Å². The number of benzene rings is 2. The third-order valence-corrected chi connectivity index (χ3v) is 6.31. The highest BCUT2D eigenvalue weighted by Crippen LogP contribution is 2.39. The van der Waals surface area contributed by atoms with Gasteiger partial charge in [-0.3, -0.25) is 9.69 Å². The minimum Gasteiger partial charge on any atom is -0.496 e. The number of alkyl halides is 3. The maximum absolute atomic E-state index is 13.2. The fraction of sp³-hybridized carbons (Fsp3) is 0.381. The number of likely N-dealkylation sites (N-methyl/N-ethyl adjacent to an activating group) is 1. The fourth-order valence-corrected chi connectivity index (χ4v) is 4.02. The van der Waals surface area contributed by atoms with Gasteiger partial charge >= 0.3 is 6.18 Å². The first-order valence-corrected chi connectivity index (χ1v) is 9.81. The number of ether oxygens (including phenoxy) is 1. The van der Waals surface area contributed by atoms with Crippen molar-refractivity contribution >= 4 is 27.5 Å². The van der Waals surface area contributed by atoms with E-state index in [1.807, 2.05) is 13.1 Å². The van der Waals surface area contributed by atoms with Crippen molar-refractivity contribution in [1.29, 1.82) is 0 Å². The summed E-state index contributed by atoms with van der Waals surface area (Å²) in [6.07, 6.45) is -3.76. The van der Waals surface area contributed by atoms with Crippen LogP contribution in [0.4, 0.5) is 18.9 Å². The van der Waals surface area contributed by atoms with Gasteiger partial charge in [0.15, 0.2) is 0 Å². The predicted molar refractivity (Wildman–Crippen MR) is 109 cm³/mol. The highest BCUT2D eigenvalue weighted by atomic mass is 79.9. The van der Waals surface area contributed by atoms with Crippen molar-refractivity contribution in [3.05, 3.63) is 57.1 Å². The van der Waals surface area contributed by atoms with E-state index in [9.17, 15) is 18.0 Å². The Morgan fingerprint density at radius 1 is 1.24 bits per heavy atom. The van der Waals surface area contributed by atoms with Crippen molar-refractivity contribution in [2.24, 2.45) is 0 Å². The van der Waals surface area contributed by atoms with Gasteiger partial charge in [0, 0.05) is 22.1 Å². The molecule has 0 aromatic heterocycles. The lowest BCUT2D eigenvalue weighted by atomic mass is 9.86. The Morgan fingerprint density at radius 2 is 1.93 bits per heavy atom. The molecule has 0 saturated carbocycles. The second-order valence-electron chi connectivity index (χ2n) is 7.78. The molecule has 0 atom stereocenters. The summed E-state index contributed by atoms with van der Waals surface area (Å²) in [5, 5.41) is 2.72. The molecule has 0 unspecified atom stereocenters. The van der Waals surface area contributed by atoms with E-state index in [-0.39, 0.29) is 16.9 Å². The summed E-state index contributed by atoms with van der Waals surface area (Å²) in [6.45, 7) is 5.04. The normalized spacial score (nSPS) is 16.3. The minimum atomic E-state index is -4.62. The highest BCUT2D eigenvalue weighted by molar-refractivity contribution is 9.10. The van der Waals surface area contributed by atoms with Crippen LogP contribution in [0.5, 0.6) is 5.75 Å². The zero-order chi connectivity index (χ0) is 21.6. The number of halogens is 4. The first-order valence-electron chi connectivity index (χ1n) is 9.02. The summed E-state index contributed by atoms with van der Waals surface area (Å²) in [7, 11) is 3.20. The quantitative estimate of drug-likeness (QED) is 0.644. The lowest BCUT2D eigenvalue weighted by Crippen LogP contribution is -2.46. The molecule has 0 radical (unpaired) electrons. The molecule has 1 N–H and O–H groups in total. The molecular formula is C21H22BrF3N2O2. The number of hydrogen-bond donors (Lipinski definition) is 1. The van der Waals surface area contributed by atoms with Crippen LogP contribution in [-0.2, 0) is 19.1 Å². The smallest absolute Gasteiger partial charge is 0.419 e.